The third-order valence-corrected chi connectivity index (χ3v) is 23.0. The summed E-state index contributed by atoms with van der Waals surface area (Å²) in [5.41, 5.74) is 15.3. The van der Waals surface area contributed by atoms with Gasteiger partial charge in [0.2, 0.25) is 0 Å². The first-order chi connectivity index (χ1) is 40.2. The minimum Gasteiger partial charge on any atom is -0.366 e. The summed E-state index contributed by atoms with van der Waals surface area (Å²) in [6.45, 7) is 0. The van der Waals surface area contributed by atoms with E-state index in [1.165, 1.54) is 82.8 Å². The Morgan fingerprint density at radius 3 is 0.747 bits per heavy atom. The zero-order valence-corrected chi connectivity index (χ0v) is 51.8. The molecule has 0 spiro atoms. The maximum absolute atomic E-state index is 7.97. The van der Waals surface area contributed by atoms with E-state index in [2.05, 4.69) is 315 Å². The maximum atomic E-state index is 7.97. The van der Waals surface area contributed by atoms with Gasteiger partial charge in [0.05, 0.1) is 10.8 Å². The van der Waals surface area contributed by atoms with E-state index in [9.17, 15) is 0 Å². The van der Waals surface area contributed by atoms with Crippen LogP contribution in [0.4, 0.5) is 0 Å². The molecule has 12 aromatic carbocycles. The molecule has 83 heavy (non-hydrogen) atoms. The van der Waals surface area contributed by atoms with Crippen LogP contribution in [-0.4, -0.2) is 5.90 Å². The molecular formula is C79H58Au2P2+2. The largest absolute Gasteiger partial charge is 1.00 e. The van der Waals surface area contributed by atoms with Crippen LogP contribution >= 0.6 is 15.8 Å². The van der Waals surface area contributed by atoms with Crippen molar-refractivity contribution < 1.29 is 44.8 Å². The average molecular weight is 1460 g/mol. The minimum atomic E-state index is -0.847. The monoisotopic (exact) mass is 1460 g/mol. The number of benzene rings is 12. The van der Waals surface area contributed by atoms with Gasteiger partial charge in [-0.3, -0.25) is 11.8 Å². The van der Waals surface area contributed by atoms with Crippen LogP contribution in [0.5, 0.6) is 0 Å². The van der Waals surface area contributed by atoms with Gasteiger partial charge in [0, 0.05) is 0 Å². The maximum Gasteiger partial charge on any atom is 1.00 e. The summed E-state index contributed by atoms with van der Waals surface area (Å²) in [7, 11) is -1.69. The Balaban J connectivity index is 0.000000137. The predicted molar refractivity (Wildman–Crippen MR) is 346 cm³/mol. The van der Waals surface area contributed by atoms with Gasteiger partial charge in [-0.15, -0.1) is 23.3 Å². The molecule has 0 saturated carbocycles. The SMILES string of the molecule is [Au+].[Au+].[C-]#Cc1cccc2c1C(c1ccccc1)(c1ccccc1)c1ccccc1-2.[C-]#Cc1cccc2c1C(c1ccccc1)(c1ccccc1)c1ccccc1-2.c1ccc([PH+](C[PH+](c2ccccc2)c2ccccc2)c2ccccc2)cc1. The molecule has 404 valence electrons. The van der Waals surface area contributed by atoms with Gasteiger partial charge < -0.3 is 12.8 Å². The Morgan fingerprint density at radius 1 is 0.253 bits per heavy atom. The van der Waals surface area contributed by atoms with E-state index in [4.69, 9.17) is 12.8 Å². The van der Waals surface area contributed by atoms with Gasteiger partial charge >= 0.3 is 44.8 Å². The number of hydrogen-bond donors (Lipinski definition) is 0. The fourth-order valence-corrected chi connectivity index (χ4v) is 20.4. The van der Waals surface area contributed by atoms with Crippen LogP contribution in [0, 0.1) is 24.7 Å². The van der Waals surface area contributed by atoms with E-state index >= 15 is 0 Å². The van der Waals surface area contributed by atoms with Crippen molar-refractivity contribution in [2.75, 3.05) is 5.90 Å². The van der Waals surface area contributed by atoms with E-state index in [0.717, 1.165) is 22.3 Å². The summed E-state index contributed by atoms with van der Waals surface area (Å²) in [6.07, 6.45) is 15.9. The van der Waals surface area contributed by atoms with Crippen molar-refractivity contribution in [1.29, 1.82) is 0 Å². The Hall–Kier alpha value is -7.90. The normalized spacial score (nSPS) is 12.3. The van der Waals surface area contributed by atoms with Crippen LogP contribution in [0.1, 0.15) is 55.6 Å². The second-order valence-electron chi connectivity index (χ2n) is 20.4. The third-order valence-electron chi connectivity index (χ3n) is 16.1. The van der Waals surface area contributed by atoms with Crippen LogP contribution < -0.4 is 21.2 Å². The van der Waals surface area contributed by atoms with Crippen molar-refractivity contribution in [1.82, 2.24) is 0 Å². The Labute approximate surface area is 524 Å². The summed E-state index contributed by atoms with van der Waals surface area (Å²) in [4.78, 5) is 0. The summed E-state index contributed by atoms with van der Waals surface area (Å²) < 4.78 is 0. The first-order valence-corrected chi connectivity index (χ1v) is 31.0. The topological polar surface area (TPSA) is 0 Å². The smallest absolute Gasteiger partial charge is 0.366 e. The van der Waals surface area contributed by atoms with E-state index in [1.807, 2.05) is 24.3 Å². The van der Waals surface area contributed by atoms with Gasteiger partial charge in [-0.1, -0.05) is 278 Å². The molecule has 0 unspecified atom stereocenters. The molecule has 0 saturated heterocycles. The molecule has 0 heterocycles. The van der Waals surface area contributed by atoms with E-state index in [0.29, 0.717) is 0 Å². The van der Waals surface area contributed by atoms with Crippen LogP contribution in [0.15, 0.2) is 328 Å². The minimum absolute atomic E-state index is 0. The van der Waals surface area contributed by atoms with Crippen molar-refractivity contribution in [3.63, 3.8) is 0 Å². The summed E-state index contributed by atoms with van der Waals surface area (Å²) >= 11 is 0. The van der Waals surface area contributed by atoms with E-state index < -0.39 is 26.7 Å². The molecule has 12 aromatic rings. The standard InChI is InChI=1S/2C27H17.C25H22P2.2Au/c2*1-2-20-12-11-18-24-23-17-9-10-19-25(23)27(26(20)24,21-13-5-3-6-14-21)22-15-7-4-8-16-22;1-5-13-22(14-6-1)26(23-15-7-2-8-16-23)21-27(24-17-9-3-10-18-24)25-19-11-4-12-20-25;;/h2*3-19H;1-20H,21H2;;/q2*-1;;2*+1/p+2. The van der Waals surface area contributed by atoms with Gasteiger partial charge in [0.15, 0.2) is 5.90 Å². The van der Waals surface area contributed by atoms with Gasteiger partial charge in [-0.05, 0) is 104 Å². The molecule has 2 aliphatic carbocycles. The van der Waals surface area contributed by atoms with Crippen molar-refractivity contribution in [3.05, 3.63) is 396 Å². The molecule has 0 nitrogen and oxygen atoms in total. The van der Waals surface area contributed by atoms with Crippen molar-refractivity contribution in [3.8, 4) is 34.1 Å². The molecule has 0 atom stereocenters. The molecule has 0 N–H and O–H groups in total. The average Bonchev–Trinajstić information content (AvgIpc) is 1.67. The number of rotatable bonds is 10. The summed E-state index contributed by atoms with van der Waals surface area (Å²) in [5.74, 6) is 6.66. The second kappa shape index (κ2) is 27.0. The molecule has 0 fully saturated rings. The van der Waals surface area contributed by atoms with E-state index in [1.54, 1.807) is 0 Å². The molecule has 0 radical (unpaired) electrons. The van der Waals surface area contributed by atoms with Crippen molar-refractivity contribution in [2.24, 2.45) is 0 Å². The predicted octanol–water partition coefficient (Wildman–Crippen LogP) is 16.6. The van der Waals surface area contributed by atoms with Gasteiger partial charge in [-0.25, -0.2) is 0 Å². The van der Waals surface area contributed by atoms with Crippen LogP contribution in [0.25, 0.3) is 22.3 Å². The van der Waals surface area contributed by atoms with Crippen molar-refractivity contribution >= 4 is 37.1 Å². The zero-order valence-electron chi connectivity index (χ0n) is 45.5. The zero-order chi connectivity index (χ0) is 54.9. The van der Waals surface area contributed by atoms with Crippen LogP contribution in [0.3, 0.4) is 0 Å². The van der Waals surface area contributed by atoms with Crippen LogP contribution in [-0.2, 0) is 55.6 Å². The van der Waals surface area contributed by atoms with Crippen LogP contribution in [0.2, 0.25) is 0 Å². The first-order valence-electron chi connectivity index (χ1n) is 27.6. The Bertz CT molecular complexity index is 3710. The first kappa shape index (κ1) is 58.3. The molecule has 0 amide bonds. The Kier molecular flexibility index (Phi) is 19.0. The van der Waals surface area contributed by atoms with E-state index in [-0.39, 0.29) is 44.8 Å². The molecular weight excluding hydrogens is 1400 g/mol. The summed E-state index contributed by atoms with van der Waals surface area (Å²) in [6, 6.07) is 117. The molecule has 0 aromatic heterocycles. The second-order valence-corrected chi connectivity index (χ2v) is 26.0. The fraction of sp³-hybridized carbons (Fsp3) is 0.0380. The van der Waals surface area contributed by atoms with Gasteiger partial charge in [0.25, 0.3) is 0 Å². The molecule has 0 aliphatic heterocycles. The quantitative estimate of drug-likeness (QED) is 0.0554. The van der Waals surface area contributed by atoms with Gasteiger partial charge in [0.1, 0.15) is 37.1 Å². The molecule has 4 heteroatoms. The summed E-state index contributed by atoms with van der Waals surface area (Å²) in [5, 5.41) is 6.01. The number of hydrogen-bond acceptors (Lipinski definition) is 0. The van der Waals surface area contributed by atoms with Crippen molar-refractivity contribution in [2.45, 2.75) is 10.8 Å². The van der Waals surface area contributed by atoms with Gasteiger partial charge in [-0.2, -0.15) is 0 Å². The Morgan fingerprint density at radius 2 is 0.482 bits per heavy atom. The fourth-order valence-electron chi connectivity index (χ4n) is 12.7. The molecule has 2 aliphatic rings. The molecule has 0 bridgehead atoms. The number of fused-ring (bicyclic) bond motifs is 6. The molecule has 14 rings (SSSR count). The third kappa shape index (κ3) is 11.1.